The third kappa shape index (κ3) is 4.07. The van der Waals surface area contributed by atoms with Crippen molar-refractivity contribution in [3.05, 3.63) is 71.8 Å². The standard InChI is InChI=1S/C23H24N2O3/c1-16(18-9-5-3-6-10-18)15-20(13-14-24)22(26)25-17(2)21(28-23(25)27)19-11-7-4-8-12-19/h3-12,16-17,20-21H,13,15H2,1-2H3/t16?,17-,20-,21-/m1/s1. The van der Waals surface area contributed by atoms with Crippen molar-refractivity contribution in [1.82, 2.24) is 4.90 Å². The predicted octanol–water partition coefficient (Wildman–Crippen LogP) is 4.82. The Hall–Kier alpha value is -3.13. The van der Waals surface area contributed by atoms with Gasteiger partial charge in [0.25, 0.3) is 0 Å². The van der Waals surface area contributed by atoms with Crippen molar-refractivity contribution in [1.29, 1.82) is 5.26 Å². The smallest absolute Gasteiger partial charge is 0.417 e. The third-order valence-corrected chi connectivity index (χ3v) is 5.33. The number of nitrogens with zero attached hydrogens (tertiary/aromatic N) is 2. The van der Waals surface area contributed by atoms with Crippen molar-refractivity contribution in [3.8, 4) is 6.07 Å². The SMILES string of the molecule is CC(C[C@@H](CC#N)C(=O)N1C(=O)O[C@@H](c2ccccc2)[C@H]1C)c1ccccc1. The molecule has 1 unspecified atom stereocenters. The minimum absolute atomic E-state index is 0.0719. The molecule has 1 fully saturated rings. The molecule has 5 nitrogen and oxygen atoms in total. The van der Waals surface area contributed by atoms with Gasteiger partial charge >= 0.3 is 6.09 Å². The zero-order chi connectivity index (χ0) is 20.1. The summed E-state index contributed by atoms with van der Waals surface area (Å²) in [4.78, 5) is 26.8. The van der Waals surface area contributed by atoms with Gasteiger partial charge in [0, 0.05) is 6.42 Å². The second-order valence-electron chi connectivity index (χ2n) is 7.27. The normalized spacial score (nSPS) is 20.9. The zero-order valence-electron chi connectivity index (χ0n) is 16.1. The summed E-state index contributed by atoms with van der Waals surface area (Å²) < 4.78 is 5.49. The van der Waals surface area contributed by atoms with E-state index in [1.54, 1.807) is 0 Å². The van der Waals surface area contributed by atoms with Gasteiger partial charge in [-0.1, -0.05) is 67.6 Å². The van der Waals surface area contributed by atoms with Crippen LogP contribution in [-0.2, 0) is 9.53 Å². The Morgan fingerprint density at radius 3 is 2.36 bits per heavy atom. The van der Waals surface area contributed by atoms with E-state index in [2.05, 4.69) is 6.07 Å². The minimum atomic E-state index is -0.637. The summed E-state index contributed by atoms with van der Waals surface area (Å²) in [7, 11) is 0. The number of benzene rings is 2. The monoisotopic (exact) mass is 376 g/mol. The Morgan fingerprint density at radius 2 is 1.75 bits per heavy atom. The number of carbonyl (C=O) groups excluding carboxylic acids is 2. The predicted molar refractivity (Wildman–Crippen MR) is 105 cm³/mol. The zero-order valence-corrected chi connectivity index (χ0v) is 16.1. The van der Waals surface area contributed by atoms with Crippen LogP contribution in [0.4, 0.5) is 4.79 Å². The Bertz CT molecular complexity index is 860. The molecule has 4 atom stereocenters. The molecular formula is C23H24N2O3. The average Bonchev–Trinajstić information content (AvgIpc) is 3.02. The second kappa shape index (κ2) is 8.71. The minimum Gasteiger partial charge on any atom is -0.439 e. The van der Waals surface area contributed by atoms with Gasteiger partial charge in [0.1, 0.15) is 6.10 Å². The topological polar surface area (TPSA) is 70.4 Å². The fourth-order valence-corrected chi connectivity index (χ4v) is 3.77. The Morgan fingerprint density at radius 1 is 1.14 bits per heavy atom. The van der Waals surface area contributed by atoms with Gasteiger partial charge in [-0.05, 0) is 30.4 Å². The summed E-state index contributed by atoms with van der Waals surface area (Å²) in [5.74, 6) is -0.785. The van der Waals surface area contributed by atoms with E-state index in [0.29, 0.717) is 6.42 Å². The first kappa shape index (κ1) is 19.6. The Kier molecular flexibility index (Phi) is 6.10. The molecule has 5 heteroatoms. The number of imide groups is 1. The highest BCUT2D eigenvalue weighted by Gasteiger charge is 2.45. The van der Waals surface area contributed by atoms with E-state index in [4.69, 9.17) is 4.74 Å². The first-order valence-electron chi connectivity index (χ1n) is 9.53. The molecule has 0 N–H and O–H groups in total. The average molecular weight is 376 g/mol. The van der Waals surface area contributed by atoms with Crippen LogP contribution in [0.1, 0.15) is 49.8 Å². The molecule has 3 rings (SSSR count). The van der Waals surface area contributed by atoms with Crippen molar-refractivity contribution >= 4 is 12.0 Å². The van der Waals surface area contributed by atoms with E-state index in [1.165, 1.54) is 4.90 Å². The first-order valence-corrected chi connectivity index (χ1v) is 9.53. The van der Waals surface area contributed by atoms with Gasteiger partial charge in [-0.3, -0.25) is 4.79 Å². The molecule has 1 heterocycles. The lowest BCUT2D eigenvalue weighted by Gasteiger charge is -2.25. The summed E-state index contributed by atoms with van der Waals surface area (Å²) in [6.45, 7) is 3.84. The van der Waals surface area contributed by atoms with Crippen molar-refractivity contribution in [2.45, 2.75) is 44.8 Å². The molecule has 0 spiro atoms. The molecule has 28 heavy (non-hydrogen) atoms. The molecular weight excluding hydrogens is 352 g/mol. The fraction of sp³-hybridized carbons (Fsp3) is 0.348. The maximum absolute atomic E-state index is 13.2. The van der Waals surface area contributed by atoms with Gasteiger partial charge < -0.3 is 4.74 Å². The maximum atomic E-state index is 13.2. The van der Waals surface area contributed by atoms with Crippen LogP contribution >= 0.6 is 0 Å². The lowest BCUT2D eigenvalue weighted by Crippen LogP contribution is -2.42. The van der Waals surface area contributed by atoms with Crippen LogP contribution in [0.25, 0.3) is 0 Å². The molecule has 2 amide bonds. The number of hydrogen-bond acceptors (Lipinski definition) is 4. The van der Waals surface area contributed by atoms with Gasteiger partial charge in [-0.2, -0.15) is 5.26 Å². The molecule has 1 saturated heterocycles. The molecule has 0 radical (unpaired) electrons. The summed E-state index contributed by atoms with van der Waals surface area (Å²) in [5, 5.41) is 9.24. The van der Waals surface area contributed by atoms with Crippen LogP contribution in [0, 0.1) is 17.2 Å². The number of carbonyl (C=O) groups is 2. The number of nitriles is 1. The highest BCUT2D eigenvalue weighted by atomic mass is 16.6. The summed E-state index contributed by atoms with van der Waals surface area (Å²) in [6, 6.07) is 21.0. The Labute approximate surface area is 165 Å². The molecule has 1 aliphatic heterocycles. The molecule has 144 valence electrons. The lowest BCUT2D eigenvalue weighted by molar-refractivity contribution is -0.133. The van der Waals surface area contributed by atoms with Crippen LogP contribution in [-0.4, -0.2) is 22.9 Å². The second-order valence-corrected chi connectivity index (χ2v) is 7.27. The van der Waals surface area contributed by atoms with Gasteiger partial charge in [0.2, 0.25) is 5.91 Å². The van der Waals surface area contributed by atoms with Crippen LogP contribution in [0.2, 0.25) is 0 Å². The third-order valence-electron chi connectivity index (χ3n) is 5.33. The van der Waals surface area contributed by atoms with Crippen molar-refractivity contribution < 1.29 is 14.3 Å². The molecule has 2 aromatic rings. The summed E-state index contributed by atoms with van der Waals surface area (Å²) in [5.41, 5.74) is 1.96. The van der Waals surface area contributed by atoms with Gasteiger partial charge in [-0.25, -0.2) is 9.69 Å². The van der Waals surface area contributed by atoms with Crippen LogP contribution in [0.5, 0.6) is 0 Å². The summed E-state index contributed by atoms with van der Waals surface area (Å²) >= 11 is 0. The van der Waals surface area contributed by atoms with Crippen molar-refractivity contribution in [2.75, 3.05) is 0 Å². The van der Waals surface area contributed by atoms with E-state index in [9.17, 15) is 14.9 Å². The number of rotatable bonds is 6. The van der Waals surface area contributed by atoms with Crippen molar-refractivity contribution in [2.24, 2.45) is 5.92 Å². The van der Waals surface area contributed by atoms with E-state index < -0.39 is 24.2 Å². The number of amides is 2. The molecule has 0 saturated carbocycles. The maximum Gasteiger partial charge on any atom is 0.417 e. The van der Waals surface area contributed by atoms with Crippen LogP contribution < -0.4 is 0 Å². The molecule has 0 aromatic heterocycles. The van der Waals surface area contributed by atoms with Gasteiger partial charge in [0.15, 0.2) is 0 Å². The van der Waals surface area contributed by atoms with E-state index in [0.717, 1.165) is 11.1 Å². The van der Waals surface area contributed by atoms with Crippen molar-refractivity contribution in [3.63, 3.8) is 0 Å². The van der Waals surface area contributed by atoms with Gasteiger partial charge in [-0.15, -0.1) is 0 Å². The number of cyclic esters (lactones) is 1. The number of ether oxygens (including phenoxy) is 1. The molecule has 0 bridgehead atoms. The molecule has 2 aromatic carbocycles. The number of hydrogen-bond donors (Lipinski definition) is 0. The largest absolute Gasteiger partial charge is 0.439 e. The van der Waals surface area contributed by atoms with E-state index in [-0.39, 0.29) is 18.2 Å². The lowest BCUT2D eigenvalue weighted by atomic mass is 9.87. The van der Waals surface area contributed by atoms with Gasteiger partial charge in [0.05, 0.1) is 18.0 Å². The first-order chi connectivity index (χ1) is 13.5. The van der Waals surface area contributed by atoms with E-state index >= 15 is 0 Å². The summed E-state index contributed by atoms with van der Waals surface area (Å²) in [6.07, 6.45) is -0.556. The Balaban J connectivity index is 1.77. The van der Waals surface area contributed by atoms with Crippen LogP contribution in [0.3, 0.4) is 0 Å². The highest BCUT2D eigenvalue weighted by Crippen LogP contribution is 2.35. The van der Waals surface area contributed by atoms with E-state index in [1.807, 2.05) is 74.5 Å². The highest BCUT2D eigenvalue weighted by molar-refractivity contribution is 5.95. The molecule has 1 aliphatic rings. The molecule has 0 aliphatic carbocycles. The van der Waals surface area contributed by atoms with Crippen LogP contribution in [0.15, 0.2) is 60.7 Å². The fourth-order valence-electron chi connectivity index (χ4n) is 3.77. The quantitative estimate of drug-likeness (QED) is 0.725.